The van der Waals surface area contributed by atoms with Crippen LogP contribution in [-0.2, 0) is 22.4 Å². The molecule has 0 spiro atoms. The quantitative estimate of drug-likeness (QED) is 0.790. The predicted octanol–water partition coefficient (Wildman–Crippen LogP) is 1.58. The van der Waals surface area contributed by atoms with Gasteiger partial charge in [-0.15, -0.1) is 0 Å². The average Bonchev–Trinajstić information content (AvgIpc) is 3.07. The molecular formula is C19H23NO5. The summed E-state index contributed by atoms with van der Waals surface area (Å²) in [7, 11) is 0. The normalized spacial score (nSPS) is 18.7. The Morgan fingerprint density at radius 3 is 2.40 bits per heavy atom. The number of carbonyl (C=O) groups is 3. The number of ketones is 1. The smallest absolute Gasteiger partial charge is 0.335 e. The first-order chi connectivity index (χ1) is 11.9. The van der Waals surface area contributed by atoms with Crippen LogP contribution in [0.5, 0.6) is 0 Å². The third-order valence-corrected chi connectivity index (χ3v) is 5.33. The molecule has 1 aromatic carbocycles. The lowest BCUT2D eigenvalue weighted by molar-refractivity contribution is -0.165. The fourth-order valence-corrected chi connectivity index (χ4v) is 3.61. The van der Waals surface area contributed by atoms with Gasteiger partial charge in [-0.25, -0.2) is 4.79 Å². The molecule has 0 atom stereocenters. The van der Waals surface area contributed by atoms with Gasteiger partial charge in [0.15, 0.2) is 11.4 Å². The molecule has 2 N–H and O–H groups in total. The number of hydrogen-bond acceptors (Lipinski definition) is 4. The average molecular weight is 345 g/mol. The van der Waals surface area contributed by atoms with Crippen molar-refractivity contribution < 1.29 is 24.6 Å². The molecule has 0 bridgehead atoms. The number of amides is 1. The van der Waals surface area contributed by atoms with Crippen molar-refractivity contribution in [2.45, 2.75) is 50.5 Å². The molecule has 0 unspecified atom stereocenters. The standard InChI is InChI=1S/C19H23NO5/c21-16(15-5-4-13-2-1-3-14(13)12-15)6-7-17(22)20-10-8-19(25,9-11-20)18(23)24/h4-5,12,25H,1-3,6-11H2,(H,23,24). The SMILES string of the molecule is O=C(CCC(=O)N1CCC(O)(C(=O)O)CC1)c1ccc2c(c1)CCC2. The van der Waals surface area contributed by atoms with Crippen LogP contribution in [0.25, 0.3) is 0 Å². The summed E-state index contributed by atoms with van der Waals surface area (Å²) in [6.07, 6.45) is 3.51. The van der Waals surface area contributed by atoms with E-state index in [0.29, 0.717) is 5.56 Å². The summed E-state index contributed by atoms with van der Waals surface area (Å²) in [5, 5.41) is 18.9. The number of carboxylic acids is 1. The van der Waals surface area contributed by atoms with Gasteiger partial charge in [-0.1, -0.05) is 12.1 Å². The highest BCUT2D eigenvalue weighted by atomic mass is 16.4. The van der Waals surface area contributed by atoms with Gasteiger partial charge >= 0.3 is 5.97 Å². The Morgan fingerprint density at radius 1 is 1.04 bits per heavy atom. The van der Waals surface area contributed by atoms with Crippen molar-refractivity contribution in [2.75, 3.05) is 13.1 Å². The first kappa shape index (κ1) is 17.6. The summed E-state index contributed by atoms with van der Waals surface area (Å²) < 4.78 is 0. The second-order valence-electron chi connectivity index (χ2n) is 6.98. The van der Waals surface area contributed by atoms with Crippen molar-refractivity contribution >= 4 is 17.7 Å². The minimum Gasteiger partial charge on any atom is -0.479 e. The zero-order chi connectivity index (χ0) is 18.0. The molecule has 1 aliphatic heterocycles. The molecular weight excluding hydrogens is 322 g/mol. The summed E-state index contributed by atoms with van der Waals surface area (Å²) >= 11 is 0. The van der Waals surface area contributed by atoms with Gasteiger partial charge in [0.25, 0.3) is 0 Å². The predicted molar refractivity (Wildman–Crippen MR) is 90.4 cm³/mol. The molecule has 6 heteroatoms. The number of likely N-dealkylation sites (tertiary alicyclic amines) is 1. The largest absolute Gasteiger partial charge is 0.479 e. The molecule has 134 valence electrons. The van der Waals surface area contributed by atoms with Gasteiger partial charge in [0.1, 0.15) is 0 Å². The number of aryl methyl sites for hydroxylation is 2. The monoisotopic (exact) mass is 345 g/mol. The van der Waals surface area contributed by atoms with E-state index in [9.17, 15) is 19.5 Å². The lowest BCUT2D eigenvalue weighted by Crippen LogP contribution is -2.50. The van der Waals surface area contributed by atoms with Gasteiger partial charge < -0.3 is 15.1 Å². The van der Waals surface area contributed by atoms with Gasteiger partial charge in [-0.05, 0) is 36.5 Å². The fourth-order valence-electron chi connectivity index (χ4n) is 3.61. The van der Waals surface area contributed by atoms with Crippen LogP contribution in [0.2, 0.25) is 0 Å². The Balaban J connectivity index is 1.51. The molecule has 25 heavy (non-hydrogen) atoms. The number of carboxylic acid groups (broad SMARTS) is 1. The maximum atomic E-state index is 12.3. The van der Waals surface area contributed by atoms with Crippen molar-refractivity contribution in [1.82, 2.24) is 4.90 Å². The van der Waals surface area contributed by atoms with Crippen molar-refractivity contribution in [3.8, 4) is 0 Å². The number of piperidine rings is 1. The van der Waals surface area contributed by atoms with Crippen LogP contribution in [-0.4, -0.2) is 51.5 Å². The molecule has 1 aromatic rings. The third-order valence-electron chi connectivity index (χ3n) is 5.33. The van der Waals surface area contributed by atoms with E-state index in [-0.39, 0.29) is 50.5 Å². The Hall–Kier alpha value is -2.21. The molecule has 1 saturated heterocycles. The summed E-state index contributed by atoms with van der Waals surface area (Å²) in [5.74, 6) is -1.45. The third kappa shape index (κ3) is 3.74. The van der Waals surface area contributed by atoms with E-state index in [2.05, 4.69) is 0 Å². The number of rotatable bonds is 5. The lowest BCUT2D eigenvalue weighted by Gasteiger charge is -2.35. The number of benzene rings is 1. The lowest BCUT2D eigenvalue weighted by atomic mass is 9.91. The fraction of sp³-hybridized carbons (Fsp3) is 0.526. The van der Waals surface area contributed by atoms with E-state index in [0.717, 1.165) is 19.3 Å². The summed E-state index contributed by atoms with van der Waals surface area (Å²) in [6, 6.07) is 5.79. The summed E-state index contributed by atoms with van der Waals surface area (Å²) in [4.78, 5) is 37.1. The van der Waals surface area contributed by atoms with Crippen molar-refractivity contribution in [3.05, 3.63) is 34.9 Å². The highest BCUT2D eigenvalue weighted by Gasteiger charge is 2.40. The van der Waals surface area contributed by atoms with E-state index >= 15 is 0 Å². The van der Waals surface area contributed by atoms with E-state index in [1.165, 1.54) is 16.0 Å². The summed E-state index contributed by atoms with van der Waals surface area (Å²) in [6.45, 7) is 0.406. The molecule has 1 aliphatic carbocycles. The van der Waals surface area contributed by atoms with Gasteiger partial charge in [0, 0.05) is 44.3 Å². The van der Waals surface area contributed by atoms with Gasteiger partial charge in [0.2, 0.25) is 5.91 Å². The number of aliphatic carboxylic acids is 1. The van der Waals surface area contributed by atoms with E-state index in [1.807, 2.05) is 18.2 Å². The van der Waals surface area contributed by atoms with Crippen LogP contribution in [0, 0.1) is 0 Å². The maximum Gasteiger partial charge on any atom is 0.335 e. The Morgan fingerprint density at radius 2 is 1.72 bits per heavy atom. The number of aliphatic hydroxyl groups is 1. The molecule has 1 amide bonds. The van der Waals surface area contributed by atoms with E-state index < -0.39 is 11.6 Å². The van der Waals surface area contributed by atoms with Gasteiger partial charge in [-0.3, -0.25) is 9.59 Å². The van der Waals surface area contributed by atoms with Crippen LogP contribution in [0.15, 0.2) is 18.2 Å². The highest BCUT2D eigenvalue weighted by molar-refractivity contribution is 5.98. The number of hydrogen-bond donors (Lipinski definition) is 2. The second-order valence-corrected chi connectivity index (χ2v) is 6.98. The van der Waals surface area contributed by atoms with Gasteiger partial charge in [-0.2, -0.15) is 0 Å². The zero-order valence-corrected chi connectivity index (χ0v) is 14.2. The molecule has 0 radical (unpaired) electrons. The topological polar surface area (TPSA) is 94.9 Å². The van der Waals surface area contributed by atoms with Crippen LogP contribution in [0.1, 0.15) is 53.6 Å². The number of carbonyl (C=O) groups excluding carboxylic acids is 2. The molecule has 0 saturated carbocycles. The number of nitrogens with zero attached hydrogens (tertiary/aromatic N) is 1. The second kappa shape index (κ2) is 6.96. The van der Waals surface area contributed by atoms with E-state index in [1.54, 1.807) is 0 Å². The van der Waals surface area contributed by atoms with Crippen LogP contribution in [0.4, 0.5) is 0 Å². The maximum absolute atomic E-state index is 12.3. The van der Waals surface area contributed by atoms with Crippen LogP contribution < -0.4 is 0 Å². The van der Waals surface area contributed by atoms with Crippen LogP contribution >= 0.6 is 0 Å². The van der Waals surface area contributed by atoms with E-state index in [4.69, 9.17) is 5.11 Å². The molecule has 1 fully saturated rings. The Labute approximate surface area is 146 Å². The van der Waals surface area contributed by atoms with Crippen molar-refractivity contribution in [1.29, 1.82) is 0 Å². The summed E-state index contributed by atoms with van der Waals surface area (Å²) in [5.41, 5.74) is 1.47. The minimum absolute atomic E-state index is 0.0207. The molecule has 1 heterocycles. The Kier molecular flexibility index (Phi) is 4.90. The Bertz CT molecular complexity index is 704. The first-order valence-electron chi connectivity index (χ1n) is 8.78. The minimum atomic E-state index is -1.74. The molecule has 0 aromatic heterocycles. The molecule has 3 rings (SSSR count). The van der Waals surface area contributed by atoms with Crippen LogP contribution in [0.3, 0.4) is 0 Å². The first-order valence-corrected chi connectivity index (χ1v) is 8.78. The zero-order valence-electron chi connectivity index (χ0n) is 14.2. The molecule has 2 aliphatic rings. The number of Topliss-reactive ketones (excluding diaryl/α,β-unsaturated/α-hetero) is 1. The highest BCUT2D eigenvalue weighted by Crippen LogP contribution is 2.25. The number of fused-ring (bicyclic) bond motifs is 1. The molecule has 6 nitrogen and oxygen atoms in total. The van der Waals surface area contributed by atoms with Crippen molar-refractivity contribution in [3.63, 3.8) is 0 Å². The van der Waals surface area contributed by atoms with Gasteiger partial charge in [0.05, 0.1) is 0 Å². The van der Waals surface area contributed by atoms with Crippen molar-refractivity contribution in [2.24, 2.45) is 0 Å².